The zero-order valence-electron chi connectivity index (χ0n) is 9.08. The Labute approximate surface area is 105 Å². The van der Waals surface area contributed by atoms with Crippen molar-refractivity contribution in [1.29, 1.82) is 0 Å². The van der Waals surface area contributed by atoms with Crippen molar-refractivity contribution in [3.8, 4) is 0 Å². The SMILES string of the molecule is OC1CC(NC2CCCc3sc(Cl)cc32)C1. The molecule has 16 heavy (non-hydrogen) atoms. The van der Waals surface area contributed by atoms with Crippen LogP contribution in [0.4, 0.5) is 0 Å². The Bertz CT molecular complexity index is 386. The third-order valence-corrected chi connectivity index (χ3v) is 4.97. The minimum atomic E-state index is -0.0772. The number of rotatable bonds is 2. The molecule has 1 aromatic heterocycles. The van der Waals surface area contributed by atoms with Gasteiger partial charge in [0.15, 0.2) is 0 Å². The molecule has 2 aliphatic carbocycles. The van der Waals surface area contributed by atoms with Crippen LogP contribution in [0, 0.1) is 0 Å². The molecular formula is C12H16ClNOS. The summed E-state index contributed by atoms with van der Waals surface area (Å²) >= 11 is 7.80. The van der Waals surface area contributed by atoms with Gasteiger partial charge in [0.25, 0.3) is 0 Å². The van der Waals surface area contributed by atoms with Crippen LogP contribution in [0.3, 0.4) is 0 Å². The van der Waals surface area contributed by atoms with Crippen molar-refractivity contribution in [3.05, 3.63) is 20.8 Å². The van der Waals surface area contributed by atoms with E-state index in [-0.39, 0.29) is 6.10 Å². The third-order valence-electron chi connectivity index (χ3n) is 3.63. The number of thiophene rings is 1. The summed E-state index contributed by atoms with van der Waals surface area (Å²) in [5.74, 6) is 0. The molecule has 0 aliphatic heterocycles. The molecule has 0 spiro atoms. The van der Waals surface area contributed by atoms with Crippen molar-refractivity contribution < 1.29 is 5.11 Å². The zero-order chi connectivity index (χ0) is 11.1. The van der Waals surface area contributed by atoms with Crippen LogP contribution in [-0.2, 0) is 6.42 Å². The second-order valence-electron chi connectivity index (χ2n) is 4.86. The monoisotopic (exact) mass is 257 g/mol. The number of hydrogen-bond acceptors (Lipinski definition) is 3. The van der Waals surface area contributed by atoms with Gasteiger partial charge in [-0.15, -0.1) is 11.3 Å². The first-order valence-electron chi connectivity index (χ1n) is 5.94. The van der Waals surface area contributed by atoms with Crippen LogP contribution < -0.4 is 5.32 Å². The van der Waals surface area contributed by atoms with Crippen molar-refractivity contribution >= 4 is 22.9 Å². The Morgan fingerprint density at radius 2 is 2.25 bits per heavy atom. The highest BCUT2D eigenvalue weighted by atomic mass is 35.5. The van der Waals surface area contributed by atoms with Crippen LogP contribution in [0.5, 0.6) is 0 Å². The van der Waals surface area contributed by atoms with E-state index in [1.807, 2.05) is 0 Å². The van der Waals surface area contributed by atoms with E-state index >= 15 is 0 Å². The molecule has 2 N–H and O–H groups in total. The van der Waals surface area contributed by atoms with Gasteiger partial charge in [0.2, 0.25) is 0 Å². The van der Waals surface area contributed by atoms with Crippen LogP contribution in [0.1, 0.15) is 42.2 Å². The van der Waals surface area contributed by atoms with E-state index in [1.165, 1.54) is 29.7 Å². The Kier molecular flexibility index (Phi) is 2.96. The van der Waals surface area contributed by atoms with Gasteiger partial charge in [0.05, 0.1) is 10.4 Å². The van der Waals surface area contributed by atoms with Gasteiger partial charge >= 0.3 is 0 Å². The molecule has 3 rings (SSSR count). The smallest absolute Gasteiger partial charge is 0.0934 e. The minimum Gasteiger partial charge on any atom is -0.393 e. The highest BCUT2D eigenvalue weighted by Crippen LogP contribution is 2.38. The summed E-state index contributed by atoms with van der Waals surface area (Å²) < 4.78 is 0.910. The number of aliphatic hydroxyl groups is 1. The van der Waals surface area contributed by atoms with Crippen LogP contribution in [0.25, 0.3) is 0 Å². The number of fused-ring (bicyclic) bond motifs is 1. The molecule has 4 heteroatoms. The van der Waals surface area contributed by atoms with Gasteiger partial charge in [-0.3, -0.25) is 0 Å². The Hall–Kier alpha value is -0.0900. The molecule has 1 unspecified atom stereocenters. The molecule has 1 atom stereocenters. The van der Waals surface area contributed by atoms with Crippen molar-refractivity contribution in [1.82, 2.24) is 5.32 Å². The molecule has 0 radical (unpaired) electrons. The summed E-state index contributed by atoms with van der Waals surface area (Å²) in [6.07, 6.45) is 5.36. The van der Waals surface area contributed by atoms with E-state index in [1.54, 1.807) is 11.3 Å². The van der Waals surface area contributed by atoms with Gasteiger partial charge in [0.1, 0.15) is 0 Å². The highest BCUT2D eigenvalue weighted by Gasteiger charge is 2.31. The molecular weight excluding hydrogens is 242 g/mol. The second kappa shape index (κ2) is 4.30. The van der Waals surface area contributed by atoms with E-state index in [4.69, 9.17) is 11.6 Å². The first kappa shape index (κ1) is 11.0. The maximum absolute atomic E-state index is 9.29. The van der Waals surface area contributed by atoms with Gasteiger partial charge in [-0.2, -0.15) is 0 Å². The molecule has 2 aliphatic rings. The molecule has 2 nitrogen and oxygen atoms in total. The maximum atomic E-state index is 9.29. The van der Waals surface area contributed by atoms with Gasteiger partial charge in [0, 0.05) is 17.0 Å². The summed E-state index contributed by atoms with van der Waals surface area (Å²) in [6, 6.07) is 3.09. The number of aryl methyl sites for hydroxylation is 1. The van der Waals surface area contributed by atoms with Gasteiger partial charge < -0.3 is 10.4 Å². The standard InChI is InChI=1S/C12H16ClNOS/c13-12-6-9-10(2-1-3-11(9)16-12)14-7-4-8(15)5-7/h6-8,10,14-15H,1-5H2. The predicted molar refractivity (Wildman–Crippen MR) is 67.2 cm³/mol. The molecule has 1 aromatic rings. The van der Waals surface area contributed by atoms with E-state index in [0.717, 1.165) is 17.2 Å². The minimum absolute atomic E-state index is 0.0772. The van der Waals surface area contributed by atoms with E-state index in [2.05, 4.69) is 11.4 Å². The number of aliphatic hydroxyl groups excluding tert-OH is 1. The molecule has 0 bridgehead atoms. The van der Waals surface area contributed by atoms with Crippen LogP contribution in [0.15, 0.2) is 6.07 Å². The van der Waals surface area contributed by atoms with Crippen molar-refractivity contribution in [2.75, 3.05) is 0 Å². The van der Waals surface area contributed by atoms with Gasteiger partial charge in [-0.05, 0) is 43.7 Å². The summed E-state index contributed by atoms with van der Waals surface area (Å²) in [6.45, 7) is 0. The molecule has 88 valence electrons. The molecule has 0 amide bonds. The summed E-state index contributed by atoms with van der Waals surface area (Å²) in [5, 5.41) is 12.9. The molecule has 0 saturated heterocycles. The lowest BCUT2D eigenvalue weighted by Crippen LogP contribution is -2.46. The fraction of sp³-hybridized carbons (Fsp3) is 0.667. The van der Waals surface area contributed by atoms with Crippen LogP contribution in [0.2, 0.25) is 4.34 Å². The molecule has 1 saturated carbocycles. The number of nitrogens with one attached hydrogen (secondary N) is 1. The maximum Gasteiger partial charge on any atom is 0.0934 e. The Morgan fingerprint density at radius 3 is 3.00 bits per heavy atom. The van der Waals surface area contributed by atoms with E-state index in [0.29, 0.717) is 12.1 Å². The van der Waals surface area contributed by atoms with Crippen LogP contribution in [-0.4, -0.2) is 17.3 Å². The first-order valence-corrected chi connectivity index (χ1v) is 7.14. The molecule has 0 aromatic carbocycles. The average Bonchev–Trinajstić information content (AvgIpc) is 2.57. The largest absolute Gasteiger partial charge is 0.393 e. The normalized spacial score (nSPS) is 33.2. The fourth-order valence-electron chi connectivity index (χ4n) is 2.70. The first-order chi connectivity index (χ1) is 7.72. The lowest BCUT2D eigenvalue weighted by Gasteiger charge is -2.36. The Balaban J connectivity index is 1.72. The van der Waals surface area contributed by atoms with E-state index in [9.17, 15) is 5.11 Å². The highest BCUT2D eigenvalue weighted by molar-refractivity contribution is 7.16. The average molecular weight is 258 g/mol. The fourth-order valence-corrected chi connectivity index (χ4v) is 4.09. The van der Waals surface area contributed by atoms with Crippen LogP contribution >= 0.6 is 22.9 Å². The lowest BCUT2D eigenvalue weighted by atomic mass is 9.86. The van der Waals surface area contributed by atoms with E-state index < -0.39 is 0 Å². The predicted octanol–water partition coefficient (Wildman–Crippen LogP) is 2.89. The second-order valence-corrected chi connectivity index (χ2v) is 6.63. The van der Waals surface area contributed by atoms with Crippen molar-refractivity contribution in [2.45, 2.75) is 50.3 Å². The summed E-state index contributed by atoms with van der Waals surface area (Å²) in [4.78, 5) is 1.45. The third kappa shape index (κ3) is 2.02. The zero-order valence-corrected chi connectivity index (χ0v) is 10.7. The Morgan fingerprint density at radius 1 is 1.44 bits per heavy atom. The summed E-state index contributed by atoms with van der Waals surface area (Å²) in [7, 11) is 0. The molecule has 1 heterocycles. The van der Waals surface area contributed by atoms with Crippen molar-refractivity contribution in [2.24, 2.45) is 0 Å². The van der Waals surface area contributed by atoms with Gasteiger partial charge in [-0.25, -0.2) is 0 Å². The number of hydrogen-bond donors (Lipinski definition) is 2. The van der Waals surface area contributed by atoms with Gasteiger partial charge in [-0.1, -0.05) is 11.6 Å². The lowest BCUT2D eigenvalue weighted by molar-refractivity contribution is 0.0566. The van der Waals surface area contributed by atoms with Crippen molar-refractivity contribution in [3.63, 3.8) is 0 Å². The number of halogens is 1. The molecule has 1 fully saturated rings. The summed E-state index contributed by atoms with van der Waals surface area (Å²) in [5.41, 5.74) is 1.41. The topological polar surface area (TPSA) is 32.3 Å². The quantitative estimate of drug-likeness (QED) is 0.854.